The molecular formula is C14H19F2NO2. The zero-order valence-electron chi connectivity index (χ0n) is 11.6. The van der Waals surface area contributed by atoms with Crippen LogP contribution in [0.5, 0.6) is 0 Å². The van der Waals surface area contributed by atoms with Crippen LogP contribution in [0.4, 0.5) is 8.78 Å². The molecule has 1 N–H and O–H groups in total. The van der Waals surface area contributed by atoms with E-state index >= 15 is 0 Å². The van der Waals surface area contributed by atoms with E-state index in [2.05, 4.69) is 0 Å². The third-order valence-electron chi connectivity index (χ3n) is 2.87. The first-order chi connectivity index (χ1) is 8.61. The Bertz CT molecular complexity index is 469. The highest BCUT2D eigenvalue weighted by Crippen LogP contribution is 2.15. The topological polar surface area (TPSA) is 40.5 Å². The molecule has 106 valence electrons. The molecule has 5 heteroatoms. The number of hydrogen-bond donors (Lipinski definition) is 1. The van der Waals surface area contributed by atoms with Crippen molar-refractivity contribution in [1.82, 2.24) is 4.90 Å². The van der Waals surface area contributed by atoms with Gasteiger partial charge in [-0.15, -0.1) is 0 Å². The maximum atomic E-state index is 13.5. The smallest absolute Gasteiger partial charge is 0.182 e. The molecule has 1 aromatic carbocycles. The molecule has 0 amide bonds. The molecule has 0 aliphatic rings. The van der Waals surface area contributed by atoms with Crippen LogP contribution in [0.3, 0.4) is 0 Å². The van der Waals surface area contributed by atoms with Crippen LogP contribution < -0.4 is 0 Å². The van der Waals surface area contributed by atoms with Crippen LogP contribution in [0.1, 0.15) is 31.1 Å². The van der Waals surface area contributed by atoms with Crippen molar-refractivity contribution < 1.29 is 18.7 Å². The molecular weight excluding hydrogens is 252 g/mol. The molecule has 0 fully saturated rings. The van der Waals surface area contributed by atoms with Gasteiger partial charge in [-0.25, -0.2) is 8.78 Å². The minimum Gasteiger partial charge on any atom is -0.389 e. The second kappa shape index (κ2) is 5.75. The summed E-state index contributed by atoms with van der Waals surface area (Å²) in [5.41, 5.74) is -1.10. The van der Waals surface area contributed by atoms with Crippen LogP contribution in [0, 0.1) is 11.6 Å². The van der Waals surface area contributed by atoms with Crippen molar-refractivity contribution in [3.63, 3.8) is 0 Å². The predicted octanol–water partition coefficient (Wildman–Crippen LogP) is 2.24. The Kier molecular flexibility index (Phi) is 4.76. The van der Waals surface area contributed by atoms with Gasteiger partial charge in [0.15, 0.2) is 5.78 Å². The number of ketones is 1. The molecule has 0 radical (unpaired) electrons. The zero-order valence-corrected chi connectivity index (χ0v) is 11.6. The highest BCUT2D eigenvalue weighted by atomic mass is 19.1. The molecule has 0 aromatic heterocycles. The molecule has 0 saturated carbocycles. The number of rotatable bonds is 5. The van der Waals surface area contributed by atoms with E-state index in [1.807, 2.05) is 0 Å². The second-order valence-electron chi connectivity index (χ2n) is 5.39. The lowest BCUT2D eigenvalue weighted by molar-refractivity contribution is 0.0329. The molecule has 0 saturated heterocycles. The van der Waals surface area contributed by atoms with E-state index in [9.17, 15) is 18.7 Å². The van der Waals surface area contributed by atoms with Gasteiger partial charge in [-0.1, -0.05) is 0 Å². The Balaban J connectivity index is 2.87. The summed E-state index contributed by atoms with van der Waals surface area (Å²) in [6, 6.07) is 2.28. The number of carbonyl (C=O) groups is 1. The highest BCUT2D eigenvalue weighted by molar-refractivity contribution is 6.00. The summed E-state index contributed by atoms with van der Waals surface area (Å²) >= 11 is 0. The van der Waals surface area contributed by atoms with Crippen molar-refractivity contribution in [2.45, 2.75) is 32.4 Å². The Morgan fingerprint density at radius 2 is 2.00 bits per heavy atom. The van der Waals surface area contributed by atoms with Crippen molar-refractivity contribution in [2.24, 2.45) is 0 Å². The van der Waals surface area contributed by atoms with E-state index in [0.717, 1.165) is 12.1 Å². The third kappa shape index (κ3) is 4.36. The van der Waals surface area contributed by atoms with Gasteiger partial charge >= 0.3 is 0 Å². The van der Waals surface area contributed by atoms with Crippen molar-refractivity contribution >= 4 is 5.78 Å². The maximum Gasteiger partial charge on any atom is 0.182 e. The number of hydrogen-bond acceptors (Lipinski definition) is 3. The predicted molar refractivity (Wildman–Crippen MR) is 69.1 cm³/mol. The summed E-state index contributed by atoms with van der Waals surface area (Å²) in [4.78, 5) is 13.7. The first-order valence-electron chi connectivity index (χ1n) is 6.03. The number of carbonyl (C=O) groups excluding carboxylic acids is 1. The fourth-order valence-electron chi connectivity index (χ4n) is 1.86. The molecule has 0 heterocycles. The lowest BCUT2D eigenvalue weighted by Gasteiger charge is -2.29. The molecule has 1 unspecified atom stereocenters. The monoisotopic (exact) mass is 271 g/mol. The van der Waals surface area contributed by atoms with E-state index < -0.39 is 29.1 Å². The van der Waals surface area contributed by atoms with E-state index in [1.54, 1.807) is 32.7 Å². The van der Waals surface area contributed by atoms with Gasteiger partial charge in [0, 0.05) is 12.6 Å². The maximum absolute atomic E-state index is 13.5. The molecule has 3 nitrogen and oxygen atoms in total. The summed E-state index contributed by atoms with van der Waals surface area (Å²) in [5.74, 6) is -2.02. The third-order valence-corrected chi connectivity index (χ3v) is 2.87. The van der Waals surface area contributed by atoms with E-state index in [1.165, 1.54) is 0 Å². The Morgan fingerprint density at radius 1 is 1.42 bits per heavy atom. The van der Waals surface area contributed by atoms with E-state index in [0.29, 0.717) is 6.07 Å². The van der Waals surface area contributed by atoms with Crippen LogP contribution in [0.25, 0.3) is 0 Å². The fourth-order valence-corrected chi connectivity index (χ4v) is 1.86. The minimum atomic E-state index is -0.954. The van der Waals surface area contributed by atoms with Gasteiger partial charge in [0.05, 0.1) is 17.2 Å². The van der Waals surface area contributed by atoms with Gasteiger partial charge in [-0.05, 0) is 40.0 Å². The molecule has 1 aromatic rings. The van der Waals surface area contributed by atoms with Crippen molar-refractivity contribution in [2.75, 3.05) is 13.6 Å². The first-order valence-corrected chi connectivity index (χ1v) is 6.03. The summed E-state index contributed by atoms with van der Waals surface area (Å²) in [5, 5.41) is 9.70. The van der Waals surface area contributed by atoms with Gasteiger partial charge in [0.2, 0.25) is 0 Å². The van der Waals surface area contributed by atoms with Crippen LogP contribution in [0.15, 0.2) is 18.2 Å². The number of benzene rings is 1. The van der Waals surface area contributed by atoms with Gasteiger partial charge in [-0.3, -0.25) is 9.69 Å². The molecule has 1 atom stereocenters. The van der Waals surface area contributed by atoms with E-state index in [-0.39, 0.29) is 12.1 Å². The summed E-state index contributed by atoms with van der Waals surface area (Å²) < 4.78 is 26.3. The van der Waals surface area contributed by atoms with Crippen LogP contribution >= 0.6 is 0 Å². The molecule has 0 spiro atoms. The van der Waals surface area contributed by atoms with E-state index in [4.69, 9.17) is 0 Å². The molecule has 0 aliphatic heterocycles. The summed E-state index contributed by atoms with van der Waals surface area (Å²) in [7, 11) is 1.67. The molecule has 19 heavy (non-hydrogen) atoms. The largest absolute Gasteiger partial charge is 0.389 e. The van der Waals surface area contributed by atoms with Crippen molar-refractivity contribution in [3.05, 3.63) is 35.4 Å². The summed E-state index contributed by atoms with van der Waals surface area (Å²) in [6.45, 7) is 5.14. The molecule has 1 rings (SSSR count). The number of aliphatic hydroxyl groups is 1. The molecule has 0 aliphatic carbocycles. The Morgan fingerprint density at radius 3 is 2.47 bits per heavy atom. The van der Waals surface area contributed by atoms with Crippen molar-refractivity contribution in [3.8, 4) is 0 Å². The first kappa shape index (κ1) is 15.7. The Labute approximate surface area is 111 Å². The van der Waals surface area contributed by atoms with Gasteiger partial charge in [0.1, 0.15) is 11.6 Å². The number of likely N-dealkylation sites (N-methyl/N-ethyl adjacent to an activating group) is 1. The zero-order chi connectivity index (χ0) is 14.8. The van der Waals surface area contributed by atoms with Gasteiger partial charge in [0.25, 0.3) is 0 Å². The number of Topliss-reactive ketones (excluding diaryl/α,β-unsaturated/α-hetero) is 1. The van der Waals surface area contributed by atoms with Crippen LogP contribution in [-0.2, 0) is 0 Å². The average Bonchev–Trinajstić information content (AvgIpc) is 2.24. The number of nitrogens with zero attached hydrogens (tertiary/aromatic N) is 1. The quantitative estimate of drug-likeness (QED) is 0.835. The number of halogens is 2. The Hall–Kier alpha value is -1.33. The average molecular weight is 271 g/mol. The summed E-state index contributed by atoms with van der Waals surface area (Å²) in [6.07, 6.45) is 0. The second-order valence-corrected chi connectivity index (χ2v) is 5.39. The van der Waals surface area contributed by atoms with Crippen molar-refractivity contribution in [1.29, 1.82) is 0 Å². The normalized spacial score (nSPS) is 13.7. The lowest BCUT2D eigenvalue weighted by atomic mass is 10.0. The molecule has 0 bridgehead atoms. The highest BCUT2D eigenvalue weighted by Gasteiger charge is 2.26. The van der Waals surface area contributed by atoms with Crippen LogP contribution in [0.2, 0.25) is 0 Å². The minimum absolute atomic E-state index is 0.142. The fraction of sp³-hybridized carbons (Fsp3) is 0.500. The SMILES string of the molecule is CC(C(=O)c1ccc(F)cc1F)N(C)CC(C)(C)O. The standard InChI is InChI=1S/C14H19F2NO2/c1-9(17(4)8-14(2,3)19)13(18)11-6-5-10(15)7-12(11)16/h5-7,9,19H,8H2,1-4H3. The lowest BCUT2D eigenvalue weighted by Crippen LogP contribution is -2.44. The van der Waals surface area contributed by atoms with Gasteiger partial charge in [-0.2, -0.15) is 0 Å². The van der Waals surface area contributed by atoms with Gasteiger partial charge < -0.3 is 5.11 Å². The van der Waals surface area contributed by atoms with Crippen LogP contribution in [-0.4, -0.2) is 41.0 Å².